The number of phenols is 1. The maximum Gasteiger partial charge on any atom is 0.431 e. The number of aromatic nitrogens is 2. The Bertz CT molecular complexity index is 891. The maximum atomic E-state index is 12.9. The molecule has 5 nitrogen and oxygen atoms in total. The van der Waals surface area contributed by atoms with Crippen LogP contribution < -0.4 is 10.3 Å². The van der Waals surface area contributed by atoms with E-state index in [9.17, 15) is 23.1 Å². The van der Waals surface area contributed by atoms with E-state index in [2.05, 4.69) is 6.07 Å². The van der Waals surface area contributed by atoms with Crippen LogP contribution in [0.4, 0.5) is 13.2 Å². The monoisotopic (exact) mass is 434 g/mol. The smallest absolute Gasteiger partial charge is 0.431 e. The zero-order valence-corrected chi connectivity index (χ0v) is 16.6. The van der Waals surface area contributed by atoms with Crippen molar-refractivity contribution in [2.24, 2.45) is 7.05 Å². The van der Waals surface area contributed by atoms with Crippen LogP contribution in [-0.2, 0) is 45.9 Å². The van der Waals surface area contributed by atoms with Gasteiger partial charge in [0.15, 0.2) is 4.77 Å². The average molecular weight is 434 g/mol. The number of phenolic OH excluding ortho intramolecular Hbond substituents is 1. The number of aryl methyl sites for hydroxylation is 1. The molecule has 0 bridgehead atoms. The van der Waals surface area contributed by atoms with Crippen molar-refractivity contribution >= 4 is 12.2 Å². The molecule has 24 heavy (non-hydrogen) atoms. The summed E-state index contributed by atoms with van der Waals surface area (Å²) in [6.07, 6.45) is -4.72. The van der Waals surface area contributed by atoms with Crippen molar-refractivity contribution in [1.82, 2.24) is 9.13 Å². The minimum atomic E-state index is -4.72. The second kappa shape index (κ2) is 7.37. The van der Waals surface area contributed by atoms with Crippen LogP contribution in [-0.4, -0.2) is 21.4 Å². The van der Waals surface area contributed by atoms with Crippen LogP contribution in [0.2, 0.25) is 0 Å². The van der Waals surface area contributed by atoms with Gasteiger partial charge in [-0.15, -0.1) is 5.56 Å². The normalized spacial score (nSPS) is 11.1. The fourth-order valence-electron chi connectivity index (χ4n) is 2.14. The van der Waals surface area contributed by atoms with E-state index in [1.165, 1.54) is 13.2 Å². The summed E-state index contributed by atoms with van der Waals surface area (Å²) in [4.78, 5) is 12.1. The number of alkyl halides is 3. The van der Waals surface area contributed by atoms with Gasteiger partial charge in [0.2, 0.25) is 0 Å². The number of hydrogen-bond acceptors (Lipinski definition) is 4. The van der Waals surface area contributed by atoms with Crippen molar-refractivity contribution in [3.05, 3.63) is 44.6 Å². The zero-order valence-electron chi connectivity index (χ0n) is 12.9. The molecule has 1 heterocycles. The molecule has 10 heteroatoms. The first-order chi connectivity index (χ1) is 10.6. The first-order valence-corrected chi connectivity index (χ1v) is 6.69. The van der Waals surface area contributed by atoms with Crippen molar-refractivity contribution in [2.45, 2.75) is 13.1 Å². The average Bonchev–Trinajstić information content (AvgIpc) is 2.44. The topological polar surface area (TPSA) is 56.4 Å². The van der Waals surface area contributed by atoms with Crippen LogP contribution in [0, 0.1) is 17.8 Å². The van der Waals surface area contributed by atoms with E-state index >= 15 is 0 Å². The Labute approximate surface area is 165 Å². The summed E-state index contributed by atoms with van der Waals surface area (Å²) >= 11 is 4.95. The fourth-order valence-corrected chi connectivity index (χ4v) is 2.42. The summed E-state index contributed by atoms with van der Waals surface area (Å²) in [5.74, 6) is -0.344. The van der Waals surface area contributed by atoms with Crippen LogP contribution >= 0.6 is 12.2 Å². The van der Waals surface area contributed by atoms with Gasteiger partial charge in [0.05, 0.1) is 18.6 Å². The molecule has 1 aromatic carbocycles. The molecule has 0 unspecified atom stereocenters. The van der Waals surface area contributed by atoms with Crippen LogP contribution in [0.3, 0.4) is 0 Å². The van der Waals surface area contributed by atoms with E-state index in [0.29, 0.717) is 16.2 Å². The van der Waals surface area contributed by atoms with E-state index in [-0.39, 0.29) is 44.1 Å². The molecule has 0 aliphatic carbocycles. The molecular weight excluding hydrogens is 422 g/mol. The summed E-state index contributed by atoms with van der Waals surface area (Å²) in [7, 11) is 2.40. The molecule has 0 aliphatic rings. The Kier molecular flexibility index (Phi) is 6.40. The number of halogens is 3. The van der Waals surface area contributed by atoms with Crippen LogP contribution in [0.25, 0.3) is 5.69 Å². The van der Waals surface area contributed by atoms with Crippen LogP contribution in [0.1, 0.15) is 11.3 Å². The molecule has 1 aromatic heterocycles. The molecule has 1 N–H and O–H groups in total. The van der Waals surface area contributed by atoms with Gasteiger partial charge in [-0.3, -0.25) is 9.36 Å². The van der Waals surface area contributed by atoms with Crippen molar-refractivity contribution in [1.29, 1.82) is 0 Å². The predicted molar refractivity (Wildman–Crippen MR) is 78.6 cm³/mol. The van der Waals surface area contributed by atoms with Gasteiger partial charge in [-0.2, -0.15) is 25.3 Å². The molecular formula is C14H12F3N2O3SY-. The Morgan fingerprint density at radius 1 is 1.38 bits per heavy atom. The fraction of sp³-hybridized carbons (Fsp3) is 0.286. The van der Waals surface area contributed by atoms with Crippen molar-refractivity contribution in [3.8, 4) is 17.2 Å². The van der Waals surface area contributed by atoms with E-state index < -0.39 is 28.0 Å². The Morgan fingerprint density at radius 2 is 1.96 bits per heavy atom. The van der Waals surface area contributed by atoms with Gasteiger partial charge in [-0.1, -0.05) is 6.92 Å². The third kappa shape index (κ3) is 3.57. The minimum absolute atomic E-state index is 0. The van der Waals surface area contributed by atoms with Gasteiger partial charge in [-0.05, 0) is 17.9 Å². The second-order valence-electron chi connectivity index (χ2n) is 4.74. The molecule has 0 aliphatic heterocycles. The zero-order chi connectivity index (χ0) is 17.5. The van der Waals surface area contributed by atoms with Crippen molar-refractivity contribution in [3.63, 3.8) is 0 Å². The standard InChI is InChI=1S/C14H12F3N2O3S.Y/c1-7-4-5-8(11(21)12(7)22-3)19-10(20)6-9(14(15,16)17)18(2)13(19)23;/h4,6,21H,1-3H3;/q-1;. The van der Waals surface area contributed by atoms with Gasteiger partial charge in [0.1, 0.15) is 5.69 Å². The predicted octanol–water partition coefficient (Wildman–Crippen LogP) is 2.74. The number of nitrogens with zero attached hydrogens (tertiary/aromatic N) is 2. The molecule has 2 rings (SSSR count). The van der Waals surface area contributed by atoms with Gasteiger partial charge in [-0.25, -0.2) is 0 Å². The first-order valence-electron chi connectivity index (χ1n) is 6.28. The number of methoxy groups -OCH3 is 1. The van der Waals surface area contributed by atoms with Gasteiger partial charge in [0, 0.05) is 45.8 Å². The van der Waals surface area contributed by atoms with E-state index in [1.807, 2.05) is 0 Å². The molecule has 127 valence electrons. The summed E-state index contributed by atoms with van der Waals surface area (Å²) in [6.45, 7) is 1.64. The SMILES string of the molecule is COc1c(C)c[c-]c(-n2c(=O)cc(C(F)(F)F)n(C)c2=S)c1O.[Y]. The van der Waals surface area contributed by atoms with Crippen LogP contribution in [0.15, 0.2) is 16.9 Å². The molecule has 1 radical (unpaired) electrons. The number of hydrogen-bond donors (Lipinski definition) is 1. The second-order valence-corrected chi connectivity index (χ2v) is 5.11. The molecule has 0 atom stereocenters. The Balaban J connectivity index is 0.00000288. The van der Waals surface area contributed by atoms with E-state index in [1.54, 1.807) is 6.92 Å². The summed E-state index contributed by atoms with van der Waals surface area (Å²) in [5, 5.41) is 10.2. The molecule has 0 amide bonds. The van der Waals surface area contributed by atoms with Crippen LogP contribution in [0.5, 0.6) is 11.5 Å². The largest absolute Gasteiger partial charge is 0.560 e. The summed E-state index contributed by atoms with van der Waals surface area (Å²) in [5.41, 5.74) is -1.84. The molecule has 0 spiro atoms. The molecule has 0 saturated carbocycles. The van der Waals surface area contributed by atoms with Gasteiger partial charge in [0.25, 0.3) is 5.56 Å². The van der Waals surface area contributed by atoms with Gasteiger partial charge >= 0.3 is 6.18 Å². The molecule has 2 aromatic rings. The first kappa shape index (κ1) is 20.9. The number of aromatic hydroxyl groups is 1. The quantitative estimate of drug-likeness (QED) is 0.584. The summed E-state index contributed by atoms with van der Waals surface area (Å²) in [6, 6.07) is 4.48. The van der Waals surface area contributed by atoms with E-state index in [0.717, 1.165) is 11.6 Å². The minimum Gasteiger partial charge on any atom is -0.560 e. The van der Waals surface area contributed by atoms with Gasteiger partial charge < -0.3 is 14.4 Å². The number of ether oxygens (including phenoxy) is 1. The molecule has 0 saturated heterocycles. The number of benzene rings is 1. The third-order valence-electron chi connectivity index (χ3n) is 3.26. The maximum absolute atomic E-state index is 12.9. The third-order valence-corrected chi connectivity index (χ3v) is 3.72. The summed E-state index contributed by atoms with van der Waals surface area (Å²) < 4.78 is 44.7. The van der Waals surface area contributed by atoms with Crippen molar-refractivity contribution < 1.29 is 55.7 Å². The van der Waals surface area contributed by atoms with Crippen molar-refractivity contribution in [2.75, 3.05) is 7.11 Å². The Hall–Kier alpha value is -1.19. The Morgan fingerprint density at radius 3 is 2.46 bits per heavy atom. The number of rotatable bonds is 2. The molecule has 0 fully saturated rings. The van der Waals surface area contributed by atoms with E-state index in [4.69, 9.17) is 17.0 Å².